The van der Waals surface area contributed by atoms with Gasteiger partial charge in [0.15, 0.2) is 39.3 Å². The van der Waals surface area contributed by atoms with Gasteiger partial charge < -0.3 is 40.4 Å². The van der Waals surface area contributed by atoms with Gasteiger partial charge in [-0.2, -0.15) is 0 Å². The predicted molar refractivity (Wildman–Crippen MR) is 507 cm³/mol. The highest BCUT2D eigenvalue weighted by Gasteiger charge is 2.33. The maximum Gasteiger partial charge on any atom is 0.307 e. The van der Waals surface area contributed by atoms with Crippen LogP contribution in [0.4, 0.5) is 0 Å². The van der Waals surface area contributed by atoms with E-state index in [-0.39, 0.29) is 113 Å². The topological polar surface area (TPSA) is 349 Å². The Labute approximate surface area is 768 Å². The first kappa shape index (κ1) is 81.7. The summed E-state index contributed by atoms with van der Waals surface area (Å²) in [5.41, 5.74) is 10.8. The van der Waals surface area contributed by atoms with Crippen molar-refractivity contribution < 1.29 is 84.2 Å². The summed E-state index contributed by atoms with van der Waals surface area (Å²) in [7, 11) is -15.4. The number of aromatic nitrogens is 4. The molecule has 0 saturated carbocycles. The number of hydrogen-bond donors (Lipinski definition) is 8. The highest BCUT2D eigenvalue weighted by molar-refractivity contribution is 7.94. The lowest BCUT2D eigenvalue weighted by Crippen LogP contribution is -2.25. The Hall–Kier alpha value is -13.4. The molecule has 8 N–H and O–H groups in total. The summed E-state index contributed by atoms with van der Waals surface area (Å²) in [4.78, 5) is 61.8. The molecule has 4 atom stereocenters. The van der Waals surface area contributed by atoms with Crippen LogP contribution in [0.15, 0.2) is 284 Å². The van der Waals surface area contributed by atoms with Crippen molar-refractivity contribution in [3.05, 3.63) is 354 Å². The van der Waals surface area contributed by atoms with Crippen molar-refractivity contribution in [2.45, 2.75) is 70.2 Å². The molecular weight excluding hydrogens is 1770 g/mol. The summed E-state index contributed by atoms with van der Waals surface area (Å²) in [6.45, 7) is 6.99. The number of nitrogens with one attached hydrogen (secondary N) is 4. The fraction of sp³-hybridized carbons (Fsp3) is 0.160. The lowest BCUT2D eigenvalue weighted by atomic mass is 10.0. The van der Waals surface area contributed by atoms with Crippen molar-refractivity contribution in [1.82, 2.24) is 19.9 Å². The lowest BCUT2D eigenvalue weighted by Gasteiger charge is -2.11. The van der Waals surface area contributed by atoms with Gasteiger partial charge >= 0.3 is 23.9 Å². The number of carbonyl (C=O) groups is 4. The monoisotopic (exact) mass is 1860 g/mol. The molecule has 0 spiro atoms. The van der Waals surface area contributed by atoms with Crippen LogP contribution in [-0.2, 0) is 84.2 Å². The number of rotatable bonds is 24. The van der Waals surface area contributed by atoms with Crippen molar-refractivity contribution in [1.29, 1.82) is 0 Å². The average molecular weight is 1860 g/mol. The Bertz CT molecular complexity index is 7560. The summed E-state index contributed by atoms with van der Waals surface area (Å²) in [5, 5.41) is 42.3. The number of aromatic amines is 4. The lowest BCUT2D eigenvalue weighted by molar-refractivity contribution is -0.141. The number of aliphatic carboxylic acids is 4. The molecule has 16 aromatic rings. The molecule has 0 aliphatic carbocycles. The van der Waals surface area contributed by atoms with Crippen LogP contribution in [0.25, 0.3) is 43.6 Å². The fourth-order valence-electron chi connectivity index (χ4n) is 13.4. The van der Waals surface area contributed by atoms with Gasteiger partial charge in [-0.1, -0.05) is 191 Å². The molecule has 0 aliphatic rings. The molecule has 0 unspecified atom stereocenters. The zero-order chi connectivity index (χ0) is 97.8. The summed E-state index contributed by atoms with van der Waals surface area (Å²) in [5.74, 6) is 11.6. The van der Waals surface area contributed by atoms with E-state index in [1.807, 2.05) is 159 Å². The Kier molecular flexibility index (Phi) is 26.4. The molecule has 0 amide bonds. The maximum atomic E-state index is 13.0. The molecule has 0 bridgehead atoms. The minimum atomic E-state index is -3.93. The number of benzene rings is 8. The molecule has 20 nitrogen and oxygen atoms in total. The maximum absolute atomic E-state index is 13.0. The minimum absolute atomic E-state index is 0.0274. The molecule has 0 aliphatic heterocycles. The van der Waals surface area contributed by atoms with Crippen molar-refractivity contribution in [2.75, 3.05) is 23.0 Å². The zero-order valence-corrected chi connectivity index (χ0v) is 75.2. The van der Waals surface area contributed by atoms with Gasteiger partial charge in [0.25, 0.3) is 0 Å². The standard InChI is InChI=1S/4C25H21NO4S2/c4*1-17-6-8-18(9-7-17)10-11-21-12-13-24(31-21)32(29,30)16-20(25(27)28)14-19-15-26-23-5-3-2-4-22(19)23/h4*2-9,12-13,15,20,26H,14,16H2,1H3,(H,27,28)/t4*20-/m1100/s1/i6D,7D,8D,9D;;6D,7D,8D,9D;. The Morgan fingerprint density at radius 2 is 0.508 bits per heavy atom. The van der Waals surface area contributed by atoms with E-state index in [0.29, 0.717) is 19.5 Å². The number of aryl methyl sites for hydroxylation is 2. The number of fused-ring (bicyclic) bond motifs is 4. The number of carboxylic acids is 4. The van der Waals surface area contributed by atoms with Crippen LogP contribution in [0, 0.1) is 98.7 Å². The Morgan fingerprint density at radius 3 is 0.734 bits per heavy atom. The molecule has 16 rings (SSSR count). The predicted octanol–water partition coefficient (Wildman–Crippen LogP) is 18.6. The van der Waals surface area contributed by atoms with Crippen LogP contribution in [-0.4, -0.2) is 121 Å². The first-order valence-electron chi connectivity index (χ1n) is 43.4. The number of thiophene rings is 4. The SMILES string of the molecule is Cc1ccc(C#Cc2ccc(S(=O)(=O)C[C@@H](Cc3c[nH]c4ccccc34)C(=O)O)s2)cc1.Cc1ccc(C#Cc2ccc(S(=O)(=O)C[C@H](Cc3c[nH]c4ccccc34)C(=O)O)s2)cc1.[2H]c1c([2H])c(C#Cc2ccc(S(=O)(=O)C[C@@H](Cc3c[nH]c4ccccc34)C(=O)O)s2)c([2H])c([2H])c1C.[2H]c1c([2H])c(C#Cc2ccc(S(=O)(=O)C[C@H](Cc3c[nH]c4ccccc34)C(=O)O)s2)c([2H])c([2H])c1C. The van der Waals surface area contributed by atoms with Crippen molar-refractivity contribution >= 4 is 152 Å². The largest absolute Gasteiger partial charge is 0.481 e. The van der Waals surface area contributed by atoms with E-state index in [9.17, 15) is 73.3 Å². The number of para-hydroxylation sites is 4. The summed E-state index contributed by atoms with van der Waals surface area (Å²) in [6, 6.07) is 55.7. The van der Waals surface area contributed by atoms with Gasteiger partial charge in [-0.15, -0.1) is 45.3 Å². The first-order chi connectivity index (χ1) is 64.6. The van der Waals surface area contributed by atoms with E-state index >= 15 is 0 Å². The highest BCUT2D eigenvalue weighted by Crippen LogP contribution is 2.33. The van der Waals surface area contributed by atoms with Crippen LogP contribution in [0.5, 0.6) is 0 Å². The molecule has 8 heterocycles. The molecule has 128 heavy (non-hydrogen) atoms. The Balaban J connectivity index is 0.000000154. The van der Waals surface area contributed by atoms with Crippen molar-refractivity contribution in [3.63, 3.8) is 0 Å². The van der Waals surface area contributed by atoms with E-state index in [1.165, 1.54) is 50.2 Å². The third-order valence-electron chi connectivity index (χ3n) is 20.1. The summed E-state index contributed by atoms with van der Waals surface area (Å²) < 4.78 is 168. The second-order valence-electron chi connectivity index (χ2n) is 29.7. The van der Waals surface area contributed by atoms with Gasteiger partial charge in [0.05, 0.1) is 77.2 Å². The minimum Gasteiger partial charge on any atom is -0.481 e. The molecule has 648 valence electrons. The van der Waals surface area contributed by atoms with Crippen LogP contribution >= 0.6 is 45.3 Å². The summed E-state index contributed by atoms with van der Waals surface area (Å²) in [6.07, 6.45) is 7.25. The van der Waals surface area contributed by atoms with Gasteiger partial charge in [0, 0.05) is 90.7 Å². The number of sulfone groups is 4. The third-order valence-corrected chi connectivity index (χ3v) is 33.7. The zero-order valence-electron chi connectivity index (χ0n) is 76.7. The fourth-order valence-corrected chi connectivity index (χ4v) is 24.6. The van der Waals surface area contributed by atoms with E-state index in [4.69, 9.17) is 11.0 Å². The normalized spacial score (nSPS) is 13.2. The molecule has 8 aromatic carbocycles. The van der Waals surface area contributed by atoms with Crippen molar-refractivity contribution in [2.24, 2.45) is 23.7 Å². The van der Waals surface area contributed by atoms with Gasteiger partial charge in [-0.05, 0) is 197 Å². The molecular formula is C100H84N4O16S8. The Morgan fingerprint density at radius 1 is 0.289 bits per heavy atom. The molecule has 0 saturated heterocycles. The van der Waals surface area contributed by atoms with E-state index in [1.54, 1.807) is 36.9 Å². The number of H-pyrrole nitrogens is 4. The highest BCUT2D eigenvalue weighted by atomic mass is 32.3. The first-order valence-corrected chi connectivity index (χ1v) is 49.3. The van der Waals surface area contributed by atoms with Crippen LogP contribution < -0.4 is 0 Å². The molecule has 0 radical (unpaired) electrons. The smallest absolute Gasteiger partial charge is 0.307 e. The molecule has 0 fully saturated rings. The quantitative estimate of drug-likeness (QED) is 0.0261. The third kappa shape index (κ3) is 24.7. The van der Waals surface area contributed by atoms with E-state index in [0.717, 1.165) is 133 Å². The van der Waals surface area contributed by atoms with E-state index < -0.39 is 110 Å². The van der Waals surface area contributed by atoms with Gasteiger partial charge in [-0.25, -0.2) is 33.7 Å². The van der Waals surface area contributed by atoms with E-state index in [2.05, 4.69) is 67.3 Å². The molecule has 8 aromatic heterocycles. The number of carboxylic acid groups (broad SMARTS) is 4. The van der Waals surface area contributed by atoms with Gasteiger partial charge in [0.1, 0.15) is 16.8 Å². The second kappa shape index (κ2) is 41.4. The van der Waals surface area contributed by atoms with Gasteiger partial charge in [0.2, 0.25) is 0 Å². The number of hydrogen-bond acceptors (Lipinski definition) is 16. The second-order valence-corrected chi connectivity index (χ2v) is 43.1. The molecule has 28 heteroatoms. The average Bonchev–Trinajstić information content (AvgIpc) is 1.31. The summed E-state index contributed by atoms with van der Waals surface area (Å²) >= 11 is 3.87. The van der Waals surface area contributed by atoms with Crippen LogP contribution in [0.3, 0.4) is 0 Å². The van der Waals surface area contributed by atoms with Crippen LogP contribution in [0.2, 0.25) is 0 Å². The van der Waals surface area contributed by atoms with Crippen molar-refractivity contribution in [3.8, 4) is 47.4 Å². The van der Waals surface area contributed by atoms with Gasteiger partial charge in [-0.3, -0.25) is 19.2 Å². The van der Waals surface area contributed by atoms with Crippen LogP contribution in [0.1, 0.15) is 97.2 Å².